The van der Waals surface area contributed by atoms with Gasteiger partial charge in [-0.1, -0.05) is 13.8 Å². The SMILES string of the molecule is COC1CC2(C(C)C)CCC1(C)O2. The van der Waals surface area contributed by atoms with Crippen LogP contribution in [0.2, 0.25) is 0 Å². The molecule has 2 heteroatoms. The van der Waals surface area contributed by atoms with Crippen LogP contribution in [0.5, 0.6) is 0 Å². The predicted molar refractivity (Wildman–Crippen MR) is 51.7 cm³/mol. The van der Waals surface area contributed by atoms with E-state index in [1.807, 2.05) is 0 Å². The van der Waals surface area contributed by atoms with Crippen LogP contribution >= 0.6 is 0 Å². The molecule has 0 amide bonds. The van der Waals surface area contributed by atoms with E-state index in [0.717, 1.165) is 12.8 Å². The minimum absolute atomic E-state index is 0.000972. The van der Waals surface area contributed by atoms with Gasteiger partial charge in [-0.05, 0) is 25.7 Å². The van der Waals surface area contributed by atoms with Gasteiger partial charge in [0.1, 0.15) is 0 Å². The third-order valence-electron chi connectivity index (χ3n) is 4.03. The molecule has 2 fully saturated rings. The molecule has 13 heavy (non-hydrogen) atoms. The molecule has 2 aliphatic rings. The van der Waals surface area contributed by atoms with Crippen LogP contribution in [0.15, 0.2) is 0 Å². The largest absolute Gasteiger partial charge is 0.378 e. The van der Waals surface area contributed by atoms with Gasteiger partial charge >= 0.3 is 0 Å². The lowest BCUT2D eigenvalue weighted by molar-refractivity contribution is -0.0860. The Morgan fingerprint density at radius 2 is 2.08 bits per heavy atom. The van der Waals surface area contributed by atoms with E-state index in [1.54, 1.807) is 7.11 Å². The summed E-state index contributed by atoms with van der Waals surface area (Å²) in [6.07, 6.45) is 3.76. The monoisotopic (exact) mass is 184 g/mol. The van der Waals surface area contributed by atoms with Gasteiger partial charge in [-0.3, -0.25) is 0 Å². The quantitative estimate of drug-likeness (QED) is 0.656. The molecule has 3 unspecified atom stereocenters. The van der Waals surface area contributed by atoms with E-state index in [4.69, 9.17) is 9.47 Å². The zero-order chi connectivity index (χ0) is 9.69. The molecule has 0 aromatic heterocycles. The zero-order valence-corrected chi connectivity index (χ0v) is 9.09. The summed E-state index contributed by atoms with van der Waals surface area (Å²) < 4.78 is 11.7. The fraction of sp³-hybridized carbons (Fsp3) is 1.00. The first-order valence-electron chi connectivity index (χ1n) is 5.25. The summed E-state index contributed by atoms with van der Waals surface area (Å²) in [4.78, 5) is 0. The molecule has 0 aromatic carbocycles. The molecule has 76 valence electrons. The smallest absolute Gasteiger partial charge is 0.0924 e. The highest BCUT2D eigenvalue weighted by atomic mass is 16.6. The van der Waals surface area contributed by atoms with Crippen molar-refractivity contribution in [2.75, 3.05) is 7.11 Å². The van der Waals surface area contributed by atoms with Crippen molar-refractivity contribution < 1.29 is 9.47 Å². The van der Waals surface area contributed by atoms with Gasteiger partial charge in [0, 0.05) is 13.5 Å². The van der Waals surface area contributed by atoms with Crippen molar-refractivity contribution >= 4 is 0 Å². The minimum Gasteiger partial charge on any atom is -0.378 e. The summed E-state index contributed by atoms with van der Waals surface area (Å²) in [7, 11) is 1.80. The van der Waals surface area contributed by atoms with Crippen molar-refractivity contribution in [2.24, 2.45) is 5.92 Å². The van der Waals surface area contributed by atoms with Gasteiger partial charge in [0.2, 0.25) is 0 Å². The third-order valence-corrected chi connectivity index (χ3v) is 4.03. The van der Waals surface area contributed by atoms with E-state index < -0.39 is 0 Å². The van der Waals surface area contributed by atoms with Crippen molar-refractivity contribution in [3.05, 3.63) is 0 Å². The molecule has 2 saturated heterocycles. The molecule has 2 rings (SSSR count). The maximum absolute atomic E-state index is 6.19. The van der Waals surface area contributed by atoms with E-state index >= 15 is 0 Å². The van der Waals surface area contributed by atoms with Gasteiger partial charge in [0.25, 0.3) is 0 Å². The first-order valence-corrected chi connectivity index (χ1v) is 5.25. The highest BCUT2D eigenvalue weighted by Crippen LogP contribution is 2.54. The van der Waals surface area contributed by atoms with Gasteiger partial charge in [0.15, 0.2) is 0 Å². The second-order valence-corrected chi connectivity index (χ2v) is 5.06. The number of ether oxygens (including phenoxy) is 2. The van der Waals surface area contributed by atoms with Crippen LogP contribution in [0, 0.1) is 5.92 Å². The number of fused-ring (bicyclic) bond motifs is 2. The summed E-state index contributed by atoms with van der Waals surface area (Å²) in [6, 6.07) is 0. The van der Waals surface area contributed by atoms with Crippen LogP contribution in [0.1, 0.15) is 40.0 Å². The van der Waals surface area contributed by atoms with Crippen molar-refractivity contribution in [2.45, 2.75) is 57.3 Å². The van der Waals surface area contributed by atoms with E-state index in [-0.39, 0.29) is 11.2 Å². The lowest BCUT2D eigenvalue weighted by Crippen LogP contribution is -2.37. The second kappa shape index (κ2) is 2.71. The zero-order valence-electron chi connectivity index (χ0n) is 9.09. The standard InChI is InChI=1S/C11H20O2/c1-8(2)11-6-5-10(3,13-11)9(7-11)12-4/h8-9H,5-7H2,1-4H3. The summed E-state index contributed by atoms with van der Waals surface area (Å²) >= 11 is 0. The van der Waals surface area contributed by atoms with E-state index in [9.17, 15) is 0 Å². The highest BCUT2D eigenvalue weighted by molar-refractivity contribution is 5.09. The molecule has 2 aliphatic heterocycles. The van der Waals surface area contributed by atoms with Crippen LogP contribution in [0.4, 0.5) is 0 Å². The molecule has 2 nitrogen and oxygen atoms in total. The first kappa shape index (κ1) is 9.47. The van der Waals surface area contributed by atoms with E-state index in [1.165, 1.54) is 6.42 Å². The fourth-order valence-corrected chi connectivity index (χ4v) is 2.90. The maximum Gasteiger partial charge on any atom is 0.0924 e. The average Bonchev–Trinajstić information content (AvgIpc) is 2.55. The maximum atomic E-state index is 6.19. The summed E-state index contributed by atoms with van der Waals surface area (Å²) in [5.41, 5.74) is 0.119. The molecule has 0 saturated carbocycles. The lowest BCUT2D eigenvalue weighted by Gasteiger charge is -2.30. The Balaban J connectivity index is 2.22. The number of hydrogen-bond acceptors (Lipinski definition) is 2. The van der Waals surface area contributed by atoms with Gasteiger partial charge in [-0.2, -0.15) is 0 Å². The fourth-order valence-electron chi connectivity index (χ4n) is 2.90. The van der Waals surface area contributed by atoms with Crippen molar-refractivity contribution in [3.63, 3.8) is 0 Å². The summed E-state index contributed by atoms with van der Waals surface area (Å²) in [5.74, 6) is 0.606. The molecular formula is C11H20O2. The van der Waals surface area contributed by atoms with Crippen LogP contribution in [-0.2, 0) is 9.47 Å². The molecular weight excluding hydrogens is 164 g/mol. The topological polar surface area (TPSA) is 18.5 Å². The molecule has 0 aliphatic carbocycles. The highest BCUT2D eigenvalue weighted by Gasteiger charge is 2.60. The normalized spacial score (nSPS) is 49.2. The van der Waals surface area contributed by atoms with Gasteiger partial charge in [-0.15, -0.1) is 0 Å². The van der Waals surface area contributed by atoms with Crippen LogP contribution in [0.25, 0.3) is 0 Å². The Hall–Kier alpha value is -0.0800. The Morgan fingerprint density at radius 1 is 1.38 bits per heavy atom. The van der Waals surface area contributed by atoms with Crippen molar-refractivity contribution in [1.29, 1.82) is 0 Å². The molecule has 0 radical (unpaired) electrons. The molecule has 2 bridgehead atoms. The summed E-state index contributed by atoms with van der Waals surface area (Å²) in [6.45, 7) is 6.70. The molecule has 3 atom stereocenters. The van der Waals surface area contributed by atoms with E-state index in [2.05, 4.69) is 20.8 Å². The second-order valence-electron chi connectivity index (χ2n) is 5.06. The number of methoxy groups -OCH3 is 1. The predicted octanol–water partition coefficient (Wildman–Crippen LogP) is 2.37. The van der Waals surface area contributed by atoms with E-state index in [0.29, 0.717) is 12.0 Å². The third kappa shape index (κ3) is 1.15. The number of hydrogen-bond donors (Lipinski definition) is 0. The summed E-state index contributed by atoms with van der Waals surface area (Å²) in [5, 5.41) is 0. The Labute approximate surface area is 80.6 Å². The lowest BCUT2D eigenvalue weighted by atomic mass is 9.76. The van der Waals surface area contributed by atoms with Crippen molar-refractivity contribution in [3.8, 4) is 0 Å². The van der Waals surface area contributed by atoms with Crippen LogP contribution in [-0.4, -0.2) is 24.4 Å². The van der Waals surface area contributed by atoms with Gasteiger partial charge < -0.3 is 9.47 Å². The minimum atomic E-state index is -0.000972. The Morgan fingerprint density at radius 3 is 2.46 bits per heavy atom. The average molecular weight is 184 g/mol. The number of rotatable bonds is 2. The molecule has 0 spiro atoms. The van der Waals surface area contributed by atoms with Crippen LogP contribution in [0.3, 0.4) is 0 Å². The van der Waals surface area contributed by atoms with Gasteiger partial charge in [0.05, 0.1) is 17.3 Å². The Bertz CT molecular complexity index is 214. The van der Waals surface area contributed by atoms with Gasteiger partial charge in [-0.25, -0.2) is 0 Å². The molecule has 0 aromatic rings. The first-order chi connectivity index (χ1) is 6.02. The Kier molecular flexibility index (Phi) is 1.97. The van der Waals surface area contributed by atoms with Crippen LogP contribution < -0.4 is 0 Å². The molecule has 0 N–H and O–H groups in total. The molecule has 2 heterocycles. The van der Waals surface area contributed by atoms with Crippen molar-refractivity contribution in [1.82, 2.24) is 0 Å².